The minimum Gasteiger partial charge on any atom is -0.486 e. The highest BCUT2D eigenvalue weighted by molar-refractivity contribution is 5.78. The minimum absolute atomic E-state index is 0.0935. The smallest absolute Gasteiger partial charge is 0.224 e. The van der Waals surface area contributed by atoms with Gasteiger partial charge in [-0.15, -0.1) is 0 Å². The predicted molar refractivity (Wildman–Crippen MR) is 103 cm³/mol. The zero-order valence-corrected chi connectivity index (χ0v) is 16.3. The van der Waals surface area contributed by atoms with Gasteiger partial charge in [0.2, 0.25) is 5.91 Å². The van der Waals surface area contributed by atoms with E-state index in [4.69, 9.17) is 9.47 Å². The van der Waals surface area contributed by atoms with Gasteiger partial charge in [0, 0.05) is 24.4 Å². The van der Waals surface area contributed by atoms with Gasteiger partial charge >= 0.3 is 0 Å². The van der Waals surface area contributed by atoms with Crippen LogP contribution in [-0.2, 0) is 10.2 Å². The van der Waals surface area contributed by atoms with Crippen LogP contribution in [0.2, 0.25) is 0 Å². The third-order valence-corrected chi connectivity index (χ3v) is 7.14. The molecule has 0 bridgehead atoms. The van der Waals surface area contributed by atoms with E-state index < -0.39 is 0 Å². The summed E-state index contributed by atoms with van der Waals surface area (Å²) in [5.74, 6) is 2.02. The summed E-state index contributed by atoms with van der Waals surface area (Å²) < 4.78 is 11.7. The lowest BCUT2D eigenvalue weighted by Gasteiger charge is -2.46. The quantitative estimate of drug-likeness (QED) is 0.868. The van der Waals surface area contributed by atoms with Gasteiger partial charge in [-0.05, 0) is 62.4 Å². The van der Waals surface area contributed by atoms with E-state index in [1.807, 2.05) is 0 Å². The van der Waals surface area contributed by atoms with Gasteiger partial charge in [-0.1, -0.05) is 12.8 Å². The van der Waals surface area contributed by atoms with Gasteiger partial charge in [-0.2, -0.15) is 0 Å². The summed E-state index contributed by atoms with van der Waals surface area (Å²) in [6, 6.07) is 4.83. The molecule has 3 heterocycles. The maximum Gasteiger partial charge on any atom is 0.224 e. The fraction of sp³-hybridized carbons (Fsp3) is 0.682. The molecular weight excluding hydrogens is 340 g/mol. The summed E-state index contributed by atoms with van der Waals surface area (Å²) in [6.07, 6.45) is 7.75. The molecule has 2 fully saturated rings. The Balaban J connectivity index is 1.51. The molecule has 1 saturated heterocycles. The molecular formula is C22H30N2O3. The lowest BCUT2D eigenvalue weighted by molar-refractivity contribution is -0.135. The molecule has 27 heavy (non-hydrogen) atoms. The Labute approximate surface area is 161 Å². The second-order valence-corrected chi connectivity index (χ2v) is 8.77. The molecule has 0 aromatic heterocycles. The van der Waals surface area contributed by atoms with Crippen molar-refractivity contribution in [1.82, 2.24) is 10.2 Å². The molecule has 1 aliphatic carbocycles. The maximum absolute atomic E-state index is 13.2. The Morgan fingerprint density at radius 1 is 1.19 bits per heavy atom. The number of hydrogen-bond donors (Lipinski definition) is 1. The normalized spacial score (nSPS) is 28.4. The van der Waals surface area contributed by atoms with E-state index in [1.165, 1.54) is 30.4 Å². The van der Waals surface area contributed by atoms with Crippen LogP contribution >= 0.6 is 0 Å². The molecule has 146 valence electrons. The molecule has 5 rings (SSSR count). The zero-order valence-electron chi connectivity index (χ0n) is 16.3. The fourth-order valence-electron chi connectivity index (χ4n) is 5.67. The maximum atomic E-state index is 13.2. The fourth-order valence-corrected chi connectivity index (χ4v) is 5.67. The van der Waals surface area contributed by atoms with Crippen molar-refractivity contribution >= 4 is 5.91 Å². The average molecular weight is 370 g/mol. The monoisotopic (exact) mass is 370 g/mol. The minimum atomic E-state index is 0.0935. The molecule has 1 N–H and O–H groups in total. The second kappa shape index (κ2) is 6.69. The average Bonchev–Trinajstić information content (AvgIpc) is 3.36. The second-order valence-electron chi connectivity index (χ2n) is 8.77. The summed E-state index contributed by atoms with van der Waals surface area (Å²) in [4.78, 5) is 15.4. The summed E-state index contributed by atoms with van der Waals surface area (Å²) in [5.41, 5.74) is 2.76. The Hall–Kier alpha value is -1.75. The highest BCUT2D eigenvalue weighted by Crippen LogP contribution is 2.52. The number of rotatable bonds is 2. The number of carbonyl (C=O) groups is 1. The third-order valence-electron chi connectivity index (χ3n) is 7.14. The number of carbonyl (C=O) groups excluding carboxylic acids is 1. The Kier molecular flexibility index (Phi) is 4.30. The Morgan fingerprint density at radius 2 is 1.93 bits per heavy atom. The largest absolute Gasteiger partial charge is 0.486 e. The first kappa shape index (κ1) is 17.4. The third kappa shape index (κ3) is 2.91. The highest BCUT2D eigenvalue weighted by Gasteiger charge is 2.46. The molecule has 1 aromatic rings. The van der Waals surface area contributed by atoms with Gasteiger partial charge in [-0.3, -0.25) is 4.79 Å². The molecule has 1 aromatic carbocycles. The molecule has 1 spiro atoms. The first-order valence-corrected chi connectivity index (χ1v) is 10.6. The van der Waals surface area contributed by atoms with E-state index in [-0.39, 0.29) is 11.5 Å². The molecule has 2 unspecified atom stereocenters. The number of benzene rings is 1. The van der Waals surface area contributed by atoms with Crippen LogP contribution in [0.5, 0.6) is 11.5 Å². The number of amides is 1. The lowest BCUT2D eigenvalue weighted by atomic mass is 9.71. The van der Waals surface area contributed by atoms with E-state index in [0.717, 1.165) is 43.9 Å². The van der Waals surface area contributed by atoms with Crippen LogP contribution in [-0.4, -0.2) is 43.2 Å². The predicted octanol–water partition coefficient (Wildman–Crippen LogP) is 3.31. The summed E-state index contributed by atoms with van der Waals surface area (Å²) in [6.45, 7) is 5.29. The standard InChI is InChI=1S/C22H30N2O3/c1-15-17-12-19-20(27-10-9-26-19)13-18(17)22(6-2-3-7-22)14-24(15)21(25)11-16-5-4-8-23-16/h12-13,15-16,23H,2-11,14H2,1H3. The van der Waals surface area contributed by atoms with Crippen LogP contribution in [0.4, 0.5) is 0 Å². The van der Waals surface area contributed by atoms with E-state index in [0.29, 0.717) is 31.6 Å². The highest BCUT2D eigenvalue weighted by atomic mass is 16.6. The van der Waals surface area contributed by atoms with Crippen molar-refractivity contribution < 1.29 is 14.3 Å². The molecule has 5 heteroatoms. The lowest BCUT2D eigenvalue weighted by Crippen LogP contribution is -2.49. The van der Waals surface area contributed by atoms with Gasteiger partial charge in [0.1, 0.15) is 13.2 Å². The van der Waals surface area contributed by atoms with Crippen molar-refractivity contribution in [2.75, 3.05) is 26.3 Å². The van der Waals surface area contributed by atoms with Gasteiger partial charge in [0.25, 0.3) is 0 Å². The number of nitrogens with one attached hydrogen (secondary N) is 1. The Bertz CT molecular complexity index is 735. The van der Waals surface area contributed by atoms with Crippen LogP contribution in [0.3, 0.4) is 0 Å². The molecule has 1 saturated carbocycles. The first-order valence-electron chi connectivity index (χ1n) is 10.6. The van der Waals surface area contributed by atoms with E-state index in [2.05, 4.69) is 29.3 Å². The van der Waals surface area contributed by atoms with Crippen LogP contribution < -0.4 is 14.8 Å². The molecule has 4 aliphatic rings. The zero-order chi connectivity index (χ0) is 18.4. The summed E-state index contributed by atoms with van der Waals surface area (Å²) in [7, 11) is 0. The van der Waals surface area contributed by atoms with Gasteiger partial charge < -0.3 is 19.7 Å². The number of hydrogen-bond acceptors (Lipinski definition) is 4. The van der Waals surface area contributed by atoms with Crippen molar-refractivity contribution in [3.05, 3.63) is 23.3 Å². The van der Waals surface area contributed by atoms with E-state index >= 15 is 0 Å². The molecule has 0 radical (unpaired) electrons. The topological polar surface area (TPSA) is 50.8 Å². The van der Waals surface area contributed by atoms with Crippen molar-refractivity contribution in [3.63, 3.8) is 0 Å². The van der Waals surface area contributed by atoms with Crippen LogP contribution in [0.15, 0.2) is 12.1 Å². The molecule has 5 nitrogen and oxygen atoms in total. The number of nitrogens with zero attached hydrogens (tertiary/aromatic N) is 1. The van der Waals surface area contributed by atoms with Crippen LogP contribution in [0.1, 0.15) is 69.0 Å². The van der Waals surface area contributed by atoms with Crippen molar-refractivity contribution in [1.29, 1.82) is 0 Å². The SMILES string of the molecule is CC1c2cc3c(cc2C2(CCCC2)CN1C(=O)CC1CCCN1)OCCO3. The van der Waals surface area contributed by atoms with Gasteiger partial charge in [-0.25, -0.2) is 0 Å². The first-order chi connectivity index (χ1) is 13.2. The van der Waals surface area contributed by atoms with Crippen molar-refractivity contribution in [2.24, 2.45) is 0 Å². The summed E-state index contributed by atoms with van der Waals surface area (Å²) in [5, 5.41) is 3.48. The van der Waals surface area contributed by atoms with Gasteiger partial charge in [0.05, 0.1) is 6.04 Å². The number of ether oxygens (including phenoxy) is 2. The Morgan fingerprint density at radius 3 is 2.63 bits per heavy atom. The van der Waals surface area contributed by atoms with Crippen molar-refractivity contribution in [2.45, 2.75) is 69.4 Å². The molecule has 2 atom stereocenters. The molecule has 3 aliphatic heterocycles. The van der Waals surface area contributed by atoms with Gasteiger partial charge in [0.15, 0.2) is 11.5 Å². The van der Waals surface area contributed by atoms with Crippen LogP contribution in [0, 0.1) is 0 Å². The molecule has 1 amide bonds. The number of fused-ring (bicyclic) bond motifs is 3. The summed E-state index contributed by atoms with van der Waals surface area (Å²) >= 11 is 0. The van der Waals surface area contributed by atoms with Crippen LogP contribution in [0.25, 0.3) is 0 Å². The van der Waals surface area contributed by atoms with E-state index in [9.17, 15) is 4.79 Å². The van der Waals surface area contributed by atoms with Crippen molar-refractivity contribution in [3.8, 4) is 11.5 Å². The van der Waals surface area contributed by atoms with E-state index in [1.54, 1.807) is 0 Å².